The van der Waals surface area contributed by atoms with E-state index in [-0.39, 0.29) is 16.4 Å². The van der Waals surface area contributed by atoms with E-state index in [1.165, 1.54) is 6.33 Å². The zero-order valence-corrected chi connectivity index (χ0v) is 16.2. The standard InChI is InChI=1S/C21H22N6O2/c1-24(17-8-4-2-5-9-17)20-19(27(28)29)21(23-16-22-20)26-14-12-25(13-15-26)18-10-6-3-7-11-18/h2-11,16H,12-15H2,1H3. The van der Waals surface area contributed by atoms with E-state index in [4.69, 9.17) is 0 Å². The van der Waals surface area contributed by atoms with Crippen LogP contribution >= 0.6 is 0 Å². The summed E-state index contributed by atoms with van der Waals surface area (Å²) in [5.74, 6) is 0.659. The predicted octanol–water partition coefficient (Wildman–Crippen LogP) is 3.48. The first-order chi connectivity index (χ1) is 14.1. The largest absolute Gasteiger partial charge is 0.368 e. The number of nitrogens with zero attached hydrogens (tertiary/aromatic N) is 6. The smallest absolute Gasteiger partial charge is 0.353 e. The van der Waals surface area contributed by atoms with Gasteiger partial charge in [-0.25, -0.2) is 9.97 Å². The molecule has 3 aromatic rings. The summed E-state index contributed by atoms with van der Waals surface area (Å²) in [6.45, 7) is 2.85. The summed E-state index contributed by atoms with van der Waals surface area (Å²) in [5, 5.41) is 12.0. The van der Waals surface area contributed by atoms with Gasteiger partial charge >= 0.3 is 5.69 Å². The van der Waals surface area contributed by atoms with Crippen molar-refractivity contribution in [2.24, 2.45) is 0 Å². The second-order valence-corrected chi connectivity index (χ2v) is 6.83. The second-order valence-electron chi connectivity index (χ2n) is 6.83. The lowest BCUT2D eigenvalue weighted by Gasteiger charge is -2.36. The van der Waals surface area contributed by atoms with Crippen molar-refractivity contribution in [3.8, 4) is 0 Å². The number of hydrogen-bond acceptors (Lipinski definition) is 7. The van der Waals surface area contributed by atoms with Crippen molar-refractivity contribution in [3.63, 3.8) is 0 Å². The molecule has 0 N–H and O–H groups in total. The SMILES string of the molecule is CN(c1ccccc1)c1ncnc(N2CCN(c3ccccc3)CC2)c1[N+](=O)[O-]. The van der Waals surface area contributed by atoms with Crippen LogP contribution in [0, 0.1) is 10.1 Å². The quantitative estimate of drug-likeness (QED) is 0.487. The highest BCUT2D eigenvalue weighted by molar-refractivity contribution is 5.76. The van der Waals surface area contributed by atoms with Crippen LogP contribution in [-0.4, -0.2) is 48.1 Å². The Morgan fingerprint density at radius 1 is 0.897 bits per heavy atom. The summed E-state index contributed by atoms with van der Waals surface area (Å²) < 4.78 is 0. The third-order valence-electron chi connectivity index (χ3n) is 5.13. The van der Waals surface area contributed by atoms with Crippen LogP contribution in [0.1, 0.15) is 0 Å². The third kappa shape index (κ3) is 3.82. The first kappa shape index (κ1) is 18.7. The van der Waals surface area contributed by atoms with Crippen LogP contribution in [0.2, 0.25) is 0 Å². The van der Waals surface area contributed by atoms with E-state index >= 15 is 0 Å². The molecule has 29 heavy (non-hydrogen) atoms. The number of rotatable bonds is 5. The molecule has 148 valence electrons. The zero-order valence-electron chi connectivity index (χ0n) is 16.2. The van der Waals surface area contributed by atoms with Crippen LogP contribution in [0.5, 0.6) is 0 Å². The minimum Gasteiger partial charge on any atom is -0.368 e. The Hall–Kier alpha value is -3.68. The Balaban J connectivity index is 1.61. The maximum Gasteiger partial charge on any atom is 0.353 e. The van der Waals surface area contributed by atoms with Gasteiger partial charge in [-0.15, -0.1) is 0 Å². The molecular weight excluding hydrogens is 368 g/mol. The van der Waals surface area contributed by atoms with Crippen LogP contribution in [0.4, 0.5) is 28.7 Å². The van der Waals surface area contributed by atoms with Gasteiger partial charge in [0.2, 0.25) is 11.6 Å². The van der Waals surface area contributed by atoms with Crippen LogP contribution < -0.4 is 14.7 Å². The topological polar surface area (TPSA) is 78.6 Å². The lowest BCUT2D eigenvalue weighted by molar-refractivity contribution is -0.383. The van der Waals surface area contributed by atoms with Gasteiger partial charge in [0, 0.05) is 44.6 Å². The van der Waals surface area contributed by atoms with Gasteiger partial charge in [0.1, 0.15) is 6.33 Å². The van der Waals surface area contributed by atoms with Gasteiger partial charge in [-0.3, -0.25) is 10.1 Å². The molecule has 1 aliphatic rings. The van der Waals surface area contributed by atoms with E-state index in [0.717, 1.165) is 24.5 Å². The molecule has 8 nitrogen and oxygen atoms in total. The fourth-order valence-electron chi connectivity index (χ4n) is 3.59. The maximum atomic E-state index is 12.0. The fraction of sp³-hybridized carbons (Fsp3) is 0.238. The van der Waals surface area contributed by atoms with Crippen LogP contribution in [0.15, 0.2) is 67.0 Å². The number of anilines is 4. The molecule has 0 atom stereocenters. The molecule has 0 radical (unpaired) electrons. The Kier molecular flexibility index (Phi) is 5.24. The van der Waals surface area contributed by atoms with Crippen molar-refractivity contribution in [2.75, 3.05) is 47.9 Å². The van der Waals surface area contributed by atoms with Crippen molar-refractivity contribution >= 4 is 28.7 Å². The van der Waals surface area contributed by atoms with E-state index in [9.17, 15) is 10.1 Å². The fourth-order valence-corrected chi connectivity index (χ4v) is 3.59. The summed E-state index contributed by atoms with van der Waals surface area (Å²) in [4.78, 5) is 26.1. The monoisotopic (exact) mass is 390 g/mol. The minimum atomic E-state index is -0.381. The summed E-state index contributed by atoms with van der Waals surface area (Å²) in [5.41, 5.74) is 1.93. The van der Waals surface area contributed by atoms with E-state index in [0.29, 0.717) is 18.9 Å². The van der Waals surface area contributed by atoms with Gasteiger partial charge < -0.3 is 14.7 Å². The molecule has 8 heteroatoms. The van der Waals surface area contributed by atoms with E-state index < -0.39 is 0 Å². The van der Waals surface area contributed by atoms with Crippen LogP contribution in [0.3, 0.4) is 0 Å². The summed E-state index contributed by atoms with van der Waals surface area (Å²) >= 11 is 0. The van der Waals surface area contributed by atoms with Gasteiger partial charge in [0.05, 0.1) is 4.92 Å². The van der Waals surface area contributed by atoms with E-state index in [1.54, 1.807) is 11.9 Å². The van der Waals surface area contributed by atoms with Crippen LogP contribution in [-0.2, 0) is 0 Å². The molecule has 2 heterocycles. The first-order valence-electron chi connectivity index (χ1n) is 9.48. The highest BCUT2D eigenvalue weighted by Crippen LogP contribution is 2.37. The van der Waals surface area contributed by atoms with Crippen molar-refractivity contribution in [3.05, 3.63) is 77.1 Å². The highest BCUT2D eigenvalue weighted by atomic mass is 16.6. The number of hydrogen-bond donors (Lipinski definition) is 0. The van der Waals surface area contributed by atoms with Crippen LogP contribution in [0.25, 0.3) is 0 Å². The number of aromatic nitrogens is 2. The molecule has 0 aliphatic carbocycles. The van der Waals surface area contributed by atoms with Crippen molar-refractivity contribution < 1.29 is 4.92 Å². The van der Waals surface area contributed by atoms with Crippen molar-refractivity contribution in [2.45, 2.75) is 0 Å². The van der Waals surface area contributed by atoms with E-state index in [2.05, 4.69) is 27.0 Å². The molecule has 0 saturated carbocycles. The lowest BCUT2D eigenvalue weighted by atomic mass is 10.2. The van der Waals surface area contributed by atoms with Gasteiger partial charge in [0.15, 0.2) is 0 Å². The second kappa shape index (κ2) is 8.14. The predicted molar refractivity (Wildman–Crippen MR) is 114 cm³/mol. The first-order valence-corrected chi connectivity index (χ1v) is 9.48. The molecule has 0 spiro atoms. The van der Waals surface area contributed by atoms with Gasteiger partial charge in [-0.05, 0) is 24.3 Å². The van der Waals surface area contributed by atoms with Gasteiger partial charge in [-0.1, -0.05) is 36.4 Å². The minimum absolute atomic E-state index is 0.0629. The average Bonchev–Trinajstić information content (AvgIpc) is 2.79. The molecule has 1 saturated heterocycles. The molecule has 1 aromatic heterocycles. The summed E-state index contributed by atoms with van der Waals surface area (Å²) in [6, 6.07) is 19.7. The molecular formula is C21H22N6O2. The molecule has 0 unspecified atom stereocenters. The van der Waals surface area contributed by atoms with Gasteiger partial charge in [-0.2, -0.15) is 0 Å². The number of benzene rings is 2. The Labute approximate surface area is 169 Å². The highest BCUT2D eigenvalue weighted by Gasteiger charge is 2.31. The Bertz CT molecular complexity index is 975. The zero-order chi connectivity index (χ0) is 20.2. The maximum absolute atomic E-state index is 12.0. The Morgan fingerprint density at radius 3 is 2.10 bits per heavy atom. The summed E-state index contributed by atoms with van der Waals surface area (Å²) in [7, 11) is 1.78. The number of para-hydroxylation sites is 2. The average molecular weight is 390 g/mol. The molecule has 1 aliphatic heterocycles. The Morgan fingerprint density at radius 2 is 1.48 bits per heavy atom. The molecule has 4 rings (SSSR count). The van der Waals surface area contributed by atoms with E-state index in [1.807, 2.05) is 53.4 Å². The lowest BCUT2D eigenvalue weighted by Crippen LogP contribution is -2.47. The normalized spacial score (nSPS) is 14.0. The molecule has 1 fully saturated rings. The third-order valence-corrected chi connectivity index (χ3v) is 5.13. The molecule has 0 bridgehead atoms. The molecule has 0 amide bonds. The summed E-state index contributed by atoms with van der Waals surface area (Å²) in [6.07, 6.45) is 1.40. The van der Waals surface area contributed by atoms with Gasteiger partial charge in [0.25, 0.3) is 0 Å². The van der Waals surface area contributed by atoms with Crippen molar-refractivity contribution in [1.29, 1.82) is 0 Å². The molecule has 2 aromatic carbocycles. The number of nitro groups is 1. The van der Waals surface area contributed by atoms with Crippen molar-refractivity contribution in [1.82, 2.24) is 9.97 Å². The number of piperazine rings is 1.